The molecule has 0 saturated carbocycles. The molecule has 2 aliphatic heterocycles. The van der Waals surface area contributed by atoms with E-state index in [2.05, 4.69) is 10.2 Å². The van der Waals surface area contributed by atoms with Crippen LogP contribution in [0.15, 0.2) is 60.3 Å². The highest BCUT2D eigenvalue weighted by Crippen LogP contribution is 2.31. The predicted octanol–water partition coefficient (Wildman–Crippen LogP) is 2.91. The van der Waals surface area contributed by atoms with Gasteiger partial charge in [0.1, 0.15) is 5.70 Å². The molecule has 0 radical (unpaired) electrons. The molecule has 2 aliphatic rings. The van der Waals surface area contributed by atoms with Gasteiger partial charge in [-0.15, -0.1) is 0 Å². The highest BCUT2D eigenvalue weighted by molar-refractivity contribution is 6.36. The number of nitrogens with zero attached hydrogens (tertiary/aromatic N) is 2. The zero-order valence-corrected chi connectivity index (χ0v) is 17.3. The maximum atomic E-state index is 13.3. The molecule has 0 bridgehead atoms. The zero-order chi connectivity index (χ0) is 20.9. The smallest absolute Gasteiger partial charge is 0.278 e. The summed E-state index contributed by atoms with van der Waals surface area (Å²) < 4.78 is 5.38. The second-order valence-corrected chi connectivity index (χ2v) is 7.63. The second-order valence-electron chi connectivity index (χ2n) is 7.63. The Morgan fingerprint density at radius 1 is 0.900 bits per heavy atom. The number of hydrogen-bond donors (Lipinski definition) is 1. The van der Waals surface area contributed by atoms with E-state index in [1.54, 1.807) is 0 Å². The Labute approximate surface area is 177 Å². The van der Waals surface area contributed by atoms with Gasteiger partial charge in [0.05, 0.1) is 18.8 Å². The van der Waals surface area contributed by atoms with Gasteiger partial charge in [-0.05, 0) is 30.5 Å². The Kier molecular flexibility index (Phi) is 6.26. The van der Waals surface area contributed by atoms with Crippen LogP contribution in [0.1, 0.15) is 17.5 Å². The molecule has 0 unspecified atom stereocenters. The first-order valence-corrected chi connectivity index (χ1v) is 10.4. The molecular weight excluding hydrogens is 378 g/mol. The molecule has 2 heterocycles. The Balaban J connectivity index is 1.55. The van der Waals surface area contributed by atoms with E-state index in [4.69, 9.17) is 4.74 Å². The lowest BCUT2D eigenvalue weighted by molar-refractivity contribution is -0.136. The first-order valence-electron chi connectivity index (χ1n) is 10.4. The number of carbonyl (C=O) groups is 2. The number of amides is 2. The lowest BCUT2D eigenvalue weighted by Gasteiger charge is -2.27. The molecule has 1 saturated heterocycles. The van der Waals surface area contributed by atoms with Crippen molar-refractivity contribution in [3.8, 4) is 0 Å². The molecular formula is C24H27N3O3. The molecule has 2 aromatic rings. The molecule has 1 N–H and O–H groups in total. The van der Waals surface area contributed by atoms with Crippen LogP contribution < -0.4 is 5.32 Å². The molecule has 1 fully saturated rings. The maximum absolute atomic E-state index is 13.3. The van der Waals surface area contributed by atoms with Crippen molar-refractivity contribution >= 4 is 23.1 Å². The van der Waals surface area contributed by atoms with Gasteiger partial charge in [-0.1, -0.05) is 48.5 Å². The van der Waals surface area contributed by atoms with Crippen LogP contribution in [0.3, 0.4) is 0 Å². The number of para-hydroxylation sites is 1. The van der Waals surface area contributed by atoms with Crippen LogP contribution in [0, 0.1) is 6.92 Å². The lowest BCUT2D eigenvalue weighted by atomic mass is 10.0. The van der Waals surface area contributed by atoms with Crippen molar-refractivity contribution in [3.63, 3.8) is 0 Å². The van der Waals surface area contributed by atoms with Crippen LogP contribution >= 0.6 is 0 Å². The number of benzene rings is 2. The molecule has 156 valence electrons. The largest absolute Gasteiger partial charge is 0.379 e. The van der Waals surface area contributed by atoms with Crippen molar-refractivity contribution in [1.82, 2.24) is 9.80 Å². The van der Waals surface area contributed by atoms with E-state index in [0.29, 0.717) is 17.8 Å². The van der Waals surface area contributed by atoms with Crippen molar-refractivity contribution in [2.75, 3.05) is 44.7 Å². The van der Waals surface area contributed by atoms with Crippen molar-refractivity contribution in [2.24, 2.45) is 0 Å². The summed E-state index contributed by atoms with van der Waals surface area (Å²) in [5.74, 6) is -0.492. The first-order chi connectivity index (χ1) is 14.6. The number of imide groups is 1. The minimum atomic E-state index is -0.260. The summed E-state index contributed by atoms with van der Waals surface area (Å²) in [5, 5.41) is 3.25. The summed E-state index contributed by atoms with van der Waals surface area (Å²) in [6.45, 7) is 6.51. The van der Waals surface area contributed by atoms with Gasteiger partial charge in [-0.3, -0.25) is 19.4 Å². The Bertz CT molecular complexity index is 949. The lowest BCUT2D eigenvalue weighted by Crippen LogP contribution is -2.39. The number of anilines is 1. The fourth-order valence-corrected chi connectivity index (χ4v) is 3.89. The fraction of sp³-hybridized carbons (Fsp3) is 0.333. The van der Waals surface area contributed by atoms with Crippen LogP contribution in [0.5, 0.6) is 0 Å². The van der Waals surface area contributed by atoms with Crippen LogP contribution in [0.2, 0.25) is 0 Å². The second kappa shape index (κ2) is 9.24. The third kappa shape index (κ3) is 4.30. The normalized spacial score (nSPS) is 17.7. The molecule has 6 heteroatoms. The summed E-state index contributed by atoms with van der Waals surface area (Å²) >= 11 is 0. The van der Waals surface area contributed by atoms with Gasteiger partial charge in [0, 0.05) is 31.9 Å². The summed E-state index contributed by atoms with van der Waals surface area (Å²) in [4.78, 5) is 30.2. The van der Waals surface area contributed by atoms with E-state index in [9.17, 15) is 9.59 Å². The van der Waals surface area contributed by atoms with E-state index in [1.165, 1.54) is 4.90 Å². The standard InChI is InChI=1S/C24H27N3O3/c1-18-8-5-6-11-20(18)25-22-21(19-9-3-2-4-10-19)23(28)27(24(22)29)13-7-12-26-14-16-30-17-15-26/h2-6,8-11,25H,7,12-17H2,1H3. The Morgan fingerprint density at radius 3 is 2.33 bits per heavy atom. The number of carbonyl (C=O) groups excluding carboxylic acids is 2. The summed E-state index contributed by atoms with van der Waals surface area (Å²) in [6, 6.07) is 17.2. The summed E-state index contributed by atoms with van der Waals surface area (Å²) in [6.07, 6.45) is 0.747. The van der Waals surface area contributed by atoms with Gasteiger partial charge in [0.15, 0.2) is 0 Å². The van der Waals surface area contributed by atoms with Crippen molar-refractivity contribution < 1.29 is 14.3 Å². The van der Waals surface area contributed by atoms with E-state index >= 15 is 0 Å². The number of rotatable bonds is 7. The average molecular weight is 405 g/mol. The Hall–Kier alpha value is -2.96. The molecule has 2 aromatic carbocycles. The van der Waals surface area contributed by atoms with Crippen LogP contribution in [0.25, 0.3) is 5.57 Å². The zero-order valence-electron chi connectivity index (χ0n) is 17.3. The van der Waals surface area contributed by atoms with E-state index in [1.807, 2.05) is 61.5 Å². The topological polar surface area (TPSA) is 61.9 Å². The first kappa shape index (κ1) is 20.3. The van der Waals surface area contributed by atoms with Crippen molar-refractivity contribution in [2.45, 2.75) is 13.3 Å². The monoisotopic (exact) mass is 405 g/mol. The van der Waals surface area contributed by atoms with Crippen LogP contribution in [-0.4, -0.2) is 61.0 Å². The SMILES string of the molecule is Cc1ccccc1NC1=C(c2ccccc2)C(=O)N(CCCN2CCOCC2)C1=O. The third-order valence-corrected chi connectivity index (χ3v) is 5.60. The molecule has 0 spiro atoms. The highest BCUT2D eigenvalue weighted by atomic mass is 16.5. The van der Waals surface area contributed by atoms with Gasteiger partial charge >= 0.3 is 0 Å². The van der Waals surface area contributed by atoms with Gasteiger partial charge in [0.2, 0.25) is 0 Å². The summed E-state index contributed by atoms with van der Waals surface area (Å²) in [7, 11) is 0. The minimum Gasteiger partial charge on any atom is -0.379 e. The molecule has 0 atom stereocenters. The van der Waals surface area contributed by atoms with Crippen molar-refractivity contribution in [3.05, 3.63) is 71.4 Å². The molecule has 0 aliphatic carbocycles. The molecule has 4 rings (SSSR count). The van der Waals surface area contributed by atoms with Crippen LogP contribution in [0.4, 0.5) is 5.69 Å². The number of aryl methyl sites for hydroxylation is 1. The molecule has 30 heavy (non-hydrogen) atoms. The highest BCUT2D eigenvalue weighted by Gasteiger charge is 2.39. The van der Waals surface area contributed by atoms with E-state index in [-0.39, 0.29) is 11.8 Å². The quantitative estimate of drug-likeness (QED) is 0.718. The van der Waals surface area contributed by atoms with Gasteiger partial charge in [0.25, 0.3) is 11.8 Å². The van der Waals surface area contributed by atoms with Gasteiger partial charge in [-0.2, -0.15) is 0 Å². The van der Waals surface area contributed by atoms with Crippen molar-refractivity contribution in [1.29, 1.82) is 0 Å². The fourth-order valence-electron chi connectivity index (χ4n) is 3.89. The number of ether oxygens (including phenoxy) is 1. The van der Waals surface area contributed by atoms with Gasteiger partial charge < -0.3 is 10.1 Å². The average Bonchev–Trinajstić information content (AvgIpc) is 3.01. The molecule has 6 nitrogen and oxygen atoms in total. The van der Waals surface area contributed by atoms with E-state index in [0.717, 1.165) is 56.1 Å². The predicted molar refractivity (Wildman–Crippen MR) is 117 cm³/mol. The Morgan fingerprint density at radius 2 is 1.60 bits per heavy atom. The number of nitrogens with one attached hydrogen (secondary N) is 1. The molecule has 2 amide bonds. The maximum Gasteiger partial charge on any atom is 0.278 e. The number of hydrogen-bond acceptors (Lipinski definition) is 5. The minimum absolute atomic E-state index is 0.232. The van der Waals surface area contributed by atoms with Gasteiger partial charge in [-0.25, -0.2) is 0 Å². The molecule has 0 aromatic heterocycles. The van der Waals surface area contributed by atoms with E-state index < -0.39 is 0 Å². The third-order valence-electron chi connectivity index (χ3n) is 5.60. The van der Waals surface area contributed by atoms with Crippen LogP contribution in [-0.2, 0) is 14.3 Å². The number of morpholine rings is 1. The summed E-state index contributed by atoms with van der Waals surface area (Å²) in [5.41, 5.74) is 3.39.